The van der Waals surface area contributed by atoms with Gasteiger partial charge in [-0.15, -0.1) is 0 Å². The van der Waals surface area contributed by atoms with Crippen molar-refractivity contribution in [3.8, 4) is 0 Å². The number of rotatable bonds is 7. The molecular formula is C17H25N3. The fourth-order valence-electron chi connectivity index (χ4n) is 2.91. The molecule has 2 atom stereocenters. The Hall–Kier alpha value is -1.61. The maximum absolute atomic E-state index is 4.42. The highest BCUT2D eigenvalue weighted by atomic mass is 15.3. The Labute approximate surface area is 122 Å². The van der Waals surface area contributed by atoms with E-state index in [1.54, 1.807) is 0 Å². The van der Waals surface area contributed by atoms with Crippen molar-refractivity contribution >= 4 is 0 Å². The van der Waals surface area contributed by atoms with Crippen LogP contribution in [-0.4, -0.2) is 16.3 Å². The summed E-state index contributed by atoms with van der Waals surface area (Å²) in [6.45, 7) is 8.44. The van der Waals surface area contributed by atoms with Gasteiger partial charge in [0.05, 0.1) is 11.7 Å². The molecule has 0 spiro atoms. The van der Waals surface area contributed by atoms with Crippen LogP contribution in [-0.2, 0) is 6.54 Å². The van der Waals surface area contributed by atoms with E-state index >= 15 is 0 Å². The minimum Gasteiger partial charge on any atom is -0.308 e. The average Bonchev–Trinajstić information content (AvgIpc) is 2.96. The fourth-order valence-corrected chi connectivity index (χ4v) is 2.91. The van der Waals surface area contributed by atoms with Gasteiger partial charge in [-0.1, -0.05) is 44.2 Å². The van der Waals surface area contributed by atoms with Gasteiger partial charge in [-0.05, 0) is 31.5 Å². The Morgan fingerprint density at radius 2 is 1.85 bits per heavy atom. The lowest BCUT2D eigenvalue weighted by atomic mass is 9.87. The van der Waals surface area contributed by atoms with Gasteiger partial charge in [-0.2, -0.15) is 5.10 Å². The molecule has 20 heavy (non-hydrogen) atoms. The van der Waals surface area contributed by atoms with E-state index in [0.717, 1.165) is 19.5 Å². The molecule has 2 aromatic rings. The summed E-state index contributed by atoms with van der Waals surface area (Å²) >= 11 is 0. The first-order valence-corrected chi connectivity index (χ1v) is 7.61. The van der Waals surface area contributed by atoms with Crippen LogP contribution >= 0.6 is 0 Å². The summed E-state index contributed by atoms with van der Waals surface area (Å²) in [5.41, 5.74) is 2.68. The van der Waals surface area contributed by atoms with Crippen molar-refractivity contribution in [2.75, 3.05) is 6.54 Å². The largest absolute Gasteiger partial charge is 0.308 e. The summed E-state index contributed by atoms with van der Waals surface area (Å²) in [6.07, 6.45) is 3.01. The van der Waals surface area contributed by atoms with Gasteiger partial charge in [0, 0.05) is 18.7 Å². The lowest BCUT2D eigenvalue weighted by Crippen LogP contribution is -2.29. The summed E-state index contributed by atoms with van der Waals surface area (Å²) < 4.78 is 2.10. The van der Waals surface area contributed by atoms with Gasteiger partial charge in [0.15, 0.2) is 0 Å². The predicted molar refractivity (Wildman–Crippen MR) is 83.8 cm³/mol. The lowest BCUT2D eigenvalue weighted by Gasteiger charge is -2.28. The molecule has 0 aliphatic rings. The average molecular weight is 271 g/mol. The van der Waals surface area contributed by atoms with Crippen LogP contribution in [0.4, 0.5) is 0 Å². The second-order valence-electron chi connectivity index (χ2n) is 5.03. The van der Waals surface area contributed by atoms with Gasteiger partial charge in [0.2, 0.25) is 0 Å². The van der Waals surface area contributed by atoms with Gasteiger partial charge in [-0.25, -0.2) is 0 Å². The highest BCUT2D eigenvalue weighted by Gasteiger charge is 2.25. The molecule has 0 amide bonds. The number of aromatic nitrogens is 2. The van der Waals surface area contributed by atoms with Crippen LogP contribution in [0.15, 0.2) is 42.6 Å². The Balaban J connectivity index is 2.36. The molecule has 1 heterocycles. The third kappa shape index (κ3) is 3.10. The fraction of sp³-hybridized carbons (Fsp3) is 0.471. The summed E-state index contributed by atoms with van der Waals surface area (Å²) in [4.78, 5) is 0. The van der Waals surface area contributed by atoms with Crippen molar-refractivity contribution in [3.63, 3.8) is 0 Å². The quantitative estimate of drug-likeness (QED) is 0.831. The van der Waals surface area contributed by atoms with E-state index in [0.29, 0.717) is 12.0 Å². The van der Waals surface area contributed by atoms with Crippen LogP contribution in [0.2, 0.25) is 0 Å². The predicted octanol–water partition coefficient (Wildman–Crippen LogP) is 3.75. The normalized spacial score (nSPS) is 14.2. The molecule has 0 aliphatic heterocycles. The monoisotopic (exact) mass is 271 g/mol. The molecule has 2 unspecified atom stereocenters. The molecule has 0 aliphatic carbocycles. The molecule has 1 aromatic carbocycles. The number of nitrogens with zero attached hydrogens (tertiary/aromatic N) is 2. The molecule has 2 rings (SSSR count). The third-order valence-electron chi connectivity index (χ3n) is 3.86. The zero-order valence-corrected chi connectivity index (χ0v) is 12.7. The van der Waals surface area contributed by atoms with Gasteiger partial charge < -0.3 is 5.32 Å². The highest BCUT2D eigenvalue weighted by Crippen LogP contribution is 2.33. The number of benzene rings is 1. The van der Waals surface area contributed by atoms with Crippen LogP contribution in [0, 0.1) is 0 Å². The van der Waals surface area contributed by atoms with Gasteiger partial charge in [-0.3, -0.25) is 4.68 Å². The van der Waals surface area contributed by atoms with E-state index in [1.807, 2.05) is 6.20 Å². The summed E-state index contributed by atoms with van der Waals surface area (Å²) in [7, 11) is 0. The van der Waals surface area contributed by atoms with Crippen LogP contribution < -0.4 is 5.32 Å². The van der Waals surface area contributed by atoms with E-state index in [2.05, 4.69) is 72.3 Å². The Morgan fingerprint density at radius 1 is 1.10 bits per heavy atom. The van der Waals surface area contributed by atoms with Crippen LogP contribution in [0.25, 0.3) is 0 Å². The van der Waals surface area contributed by atoms with Crippen molar-refractivity contribution in [2.24, 2.45) is 0 Å². The highest BCUT2D eigenvalue weighted by molar-refractivity contribution is 5.24. The first-order valence-electron chi connectivity index (χ1n) is 7.61. The van der Waals surface area contributed by atoms with Crippen LogP contribution in [0.5, 0.6) is 0 Å². The molecule has 0 saturated carbocycles. The second kappa shape index (κ2) is 7.25. The number of hydrogen-bond acceptors (Lipinski definition) is 2. The van der Waals surface area contributed by atoms with E-state index in [4.69, 9.17) is 0 Å². The number of aryl methyl sites for hydroxylation is 1. The van der Waals surface area contributed by atoms with E-state index < -0.39 is 0 Å². The zero-order chi connectivity index (χ0) is 14.4. The lowest BCUT2D eigenvalue weighted by molar-refractivity contribution is 0.413. The minimum atomic E-state index is 0.315. The topological polar surface area (TPSA) is 29.9 Å². The summed E-state index contributed by atoms with van der Waals surface area (Å²) in [5, 5.41) is 8.07. The first kappa shape index (κ1) is 14.8. The van der Waals surface area contributed by atoms with Gasteiger partial charge in [0.1, 0.15) is 0 Å². The molecule has 1 aromatic heterocycles. The smallest absolute Gasteiger partial charge is 0.0561 e. The molecular weight excluding hydrogens is 246 g/mol. The number of hydrogen-bond donors (Lipinski definition) is 1. The minimum absolute atomic E-state index is 0.315. The Kier molecular flexibility index (Phi) is 5.36. The van der Waals surface area contributed by atoms with Crippen molar-refractivity contribution in [1.82, 2.24) is 15.1 Å². The molecule has 0 bridgehead atoms. The Bertz CT molecular complexity index is 504. The summed E-state index contributed by atoms with van der Waals surface area (Å²) in [5.74, 6) is 0.471. The standard InChI is InChI=1S/C17H25N3/c1-4-15(14-10-8-7-9-11-14)17(18-5-2)16-12-13-19-20(16)6-3/h7-13,15,17-18H,4-6H2,1-3H3. The number of likely N-dealkylation sites (N-methyl/N-ethyl adjacent to an activating group) is 1. The van der Waals surface area contributed by atoms with E-state index in [1.165, 1.54) is 11.3 Å². The van der Waals surface area contributed by atoms with Crippen LogP contribution in [0.3, 0.4) is 0 Å². The maximum Gasteiger partial charge on any atom is 0.0561 e. The molecule has 0 fully saturated rings. The molecule has 3 heteroatoms. The maximum atomic E-state index is 4.42. The van der Waals surface area contributed by atoms with Gasteiger partial charge >= 0.3 is 0 Å². The summed E-state index contributed by atoms with van der Waals surface area (Å²) in [6, 6.07) is 13.2. The van der Waals surface area contributed by atoms with Crippen LogP contribution in [0.1, 0.15) is 50.4 Å². The van der Waals surface area contributed by atoms with Crippen molar-refractivity contribution in [1.29, 1.82) is 0 Å². The van der Waals surface area contributed by atoms with Crippen molar-refractivity contribution in [3.05, 3.63) is 53.9 Å². The van der Waals surface area contributed by atoms with E-state index in [-0.39, 0.29) is 0 Å². The van der Waals surface area contributed by atoms with Crippen molar-refractivity contribution in [2.45, 2.75) is 45.7 Å². The van der Waals surface area contributed by atoms with E-state index in [9.17, 15) is 0 Å². The second-order valence-corrected chi connectivity index (χ2v) is 5.03. The zero-order valence-electron chi connectivity index (χ0n) is 12.7. The molecule has 108 valence electrons. The molecule has 1 N–H and O–H groups in total. The van der Waals surface area contributed by atoms with Crippen molar-refractivity contribution < 1.29 is 0 Å². The third-order valence-corrected chi connectivity index (χ3v) is 3.86. The number of nitrogens with one attached hydrogen (secondary N) is 1. The molecule has 0 saturated heterocycles. The Morgan fingerprint density at radius 3 is 2.45 bits per heavy atom. The SMILES string of the molecule is CCNC(c1ccnn1CC)C(CC)c1ccccc1. The first-order chi connectivity index (χ1) is 9.81. The molecule has 3 nitrogen and oxygen atoms in total. The molecule has 0 radical (unpaired) electrons. The van der Waals surface area contributed by atoms with Gasteiger partial charge in [0.25, 0.3) is 0 Å².